The van der Waals surface area contributed by atoms with E-state index in [1.54, 1.807) is 12.1 Å². The number of rotatable bonds is 7. The van der Waals surface area contributed by atoms with Gasteiger partial charge in [-0.05, 0) is 58.2 Å². The number of carbonyl (C=O) groups is 1. The summed E-state index contributed by atoms with van der Waals surface area (Å²) in [6, 6.07) is 6.63. The van der Waals surface area contributed by atoms with Gasteiger partial charge in [-0.15, -0.1) is 0 Å². The van der Waals surface area contributed by atoms with Gasteiger partial charge in [0.05, 0.1) is 0 Å². The molecule has 6 heteroatoms. The minimum absolute atomic E-state index is 0.0799. The van der Waals surface area contributed by atoms with Gasteiger partial charge in [0.25, 0.3) is 0 Å². The van der Waals surface area contributed by atoms with Gasteiger partial charge < -0.3 is 16.0 Å². The molecule has 0 aromatic heterocycles. The lowest BCUT2D eigenvalue weighted by molar-refractivity contribution is -0.121. The highest BCUT2D eigenvalue weighted by Crippen LogP contribution is 2.05. The third-order valence-corrected chi connectivity index (χ3v) is 3.06. The molecule has 0 saturated heterocycles. The number of nitrogens with one attached hydrogen (secondary N) is 3. The molecule has 0 heterocycles. The standard InChI is InChI=1S/C18H29FN4O/c1-5-20-17(22-13-16(24)23-18(2,3)4)21-11-7-9-14-8-6-10-15(19)12-14/h6,8,10,12H,5,7,9,11,13H2,1-4H3,(H,23,24)(H2,20,21,22). The van der Waals surface area contributed by atoms with E-state index in [-0.39, 0.29) is 23.8 Å². The van der Waals surface area contributed by atoms with Crippen LogP contribution in [0, 0.1) is 5.82 Å². The van der Waals surface area contributed by atoms with Gasteiger partial charge in [0.15, 0.2) is 5.96 Å². The molecule has 0 fully saturated rings. The van der Waals surface area contributed by atoms with Crippen molar-refractivity contribution in [1.82, 2.24) is 16.0 Å². The van der Waals surface area contributed by atoms with Gasteiger partial charge >= 0.3 is 0 Å². The molecule has 1 aromatic carbocycles. The van der Waals surface area contributed by atoms with E-state index < -0.39 is 0 Å². The number of aliphatic imine (C=N–C) groups is 1. The minimum Gasteiger partial charge on any atom is -0.357 e. The first-order chi connectivity index (χ1) is 11.3. The van der Waals surface area contributed by atoms with Crippen molar-refractivity contribution in [2.24, 2.45) is 4.99 Å². The van der Waals surface area contributed by atoms with Crippen LogP contribution >= 0.6 is 0 Å². The lowest BCUT2D eigenvalue weighted by atomic mass is 10.1. The Balaban J connectivity index is 2.39. The molecule has 0 aliphatic heterocycles. The van der Waals surface area contributed by atoms with Crippen LogP contribution in [0.2, 0.25) is 0 Å². The van der Waals surface area contributed by atoms with E-state index in [0.29, 0.717) is 12.5 Å². The van der Waals surface area contributed by atoms with E-state index in [4.69, 9.17) is 0 Å². The van der Waals surface area contributed by atoms with Gasteiger partial charge in [0.1, 0.15) is 12.4 Å². The van der Waals surface area contributed by atoms with Crippen LogP contribution in [0.25, 0.3) is 0 Å². The molecule has 1 amide bonds. The van der Waals surface area contributed by atoms with E-state index in [1.165, 1.54) is 6.07 Å². The van der Waals surface area contributed by atoms with Gasteiger partial charge in [0, 0.05) is 18.6 Å². The molecule has 0 radical (unpaired) electrons. The van der Waals surface area contributed by atoms with Crippen LogP contribution in [0.15, 0.2) is 29.3 Å². The van der Waals surface area contributed by atoms with Crippen molar-refractivity contribution in [2.45, 2.75) is 46.1 Å². The smallest absolute Gasteiger partial charge is 0.242 e. The summed E-state index contributed by atoms with van der Waals surface area (Å²) >= 11 is 0. The predicted octanol–water partition coefficient (Wildman–Crippen LogP) is 2.23. The van der Waals surface area contributed by atoms with E-state index >= 15 is 0 Å². The van der Waals surface area contributed by atoms with Crippen molar-refractivity contribution in [2.75, 3.05) is 19.6 Å². The average Bonchev–Trinajstić information content (AvgIpc) is 2.47. The Morgan fingerprint density at radius 1 is 1.25 bits per heavy atom. The molecule has 0 aliphatic carbocycles. The van der Waals surface area contributed by atoms with E-state index in [1.807, 2.05) is 33.8 Å². The summed E-state index contributed by atoms with van der Waals surface area (Å²) in [4.78, 5) is 16.1. The zero-order chi connectivity index (χ0) is 18.0. The second kappa shape index (κ2) is 9.90. The van der Waals surface area contributed by atoms with Crippen LogP contribution < -0.4 is 16.0 Å². The lowest BCUT2D eigenvalue weighted by Gasteiger charge is -2.20. The Bertz CT molecular complexity index is 552. The normalized spacial score (nSPS) is 12.0. The average molecular weight is 336 g/mol. The molecule has 0 bridgehead atoms. The van der Waals surface area contributed by atoms with E-state index in [2.05, 4.69) is 20.9 Å². The van der Waals surface area contributed by atoms with Crippen molar-refractivity contribution in [3.63, 3.8) is 0 Å². The molecule has 5 nitrogen and oxygen atoms in total. The maximum absolute atomic E-state index is 13.1. The molecule has 0 unspecified atom stereocenters. The van der Waals surface area contributed by atoms with Crippen molar-refractivity contribution >= 4 is 11.9 Å². The molecule has 0 atom stereocenters. The quantitative estimate of drug-likeness (QED) is 0.406. The van der Waals surface area contributed by atoms with Crippen LogP contribution in [0.5, 0.6) is 0 Å². The summed E-state index contributed by atoms with van der Waals surface area (Å²) in [5.74, 6) is 0.292. The summed E-state index contributed by atoms with van der Waals surface area (Å²) in [6.07, 6.45) is 1.64. The Kier molecular flexibility index (Phi) is 8.22. The Labute approximate surface area is 144 Å². The van der Waals surface area contributed by atoms with Gasteiger partial charge in [-0.25, -0.2) is 9.38 Å². The fraction of sp³-hybridized carbons (Fsp3) is 0.556. The summed E-state index contributed by atoms with van der Waals surface area (Å²) in [6.45, 7) is 9.27. The first-order valence-electron chi connectivity index (χ1n) is 8.38. The topological polar surface area (TPSA) is 65.5 Å². The number of benzene rings is 1. The zero-order valence-corrected chi connectivity index (χ0v) is 15.1. The molecule has 24 heavy (non-hydrogen) atoms. The van der Waals surface area contributed by atoms with E-state index in [0.717, 1.165) is 24.9 Å². The predicted molar refractivity (Wildman–Crippen MR) is 96.6 cm³/mol. The highest BCUT2D eigenvalue weighted by Gasteiger charge is 2.13. The van der Waals surface area contributed by atoms with Crippen LogP contribution in [0.1, 0.15) is 39.7 Å². The largest absolute Gasteiger partial charge is 0.357 e. The Morgan fingerprint density at radius 2 is 2.00 bits per heavy atom. The zero-order valence-electron chi connectivity index (χ0n) is 15.1. The molecule has 0 spiro atoms. The number of amides is 1. The third kappa shape index (κ3) is 9.12. The van der Waals surface area contributed by atoms with Gasteiger partial charge in [-0.1, -0.05) is 12.1 Å². The molecule has 134 valence electrons. The van der Waals surface area contributed by atoms with Crippen LogP contribution in [-0.4, -0.2) is 37.0 Å². The van der Waals surface area contributed by atoms with Gasteiger partial charge in [-0.2, -0.15) is 0 Å². The van der Waals surface area contributed by atoms with Crippen molar-refractivity contribution in [3.05, 3.63) is 35.6 Å². The number of carbonyl (C=O) groups excluding carboxylic acids is 1. The summed E-state index contributed by atoms with van der Waals surface area (Å²) in [5, 5.41) is 9.17. The lowest BCUT2D eigenvalue weighted by Crippen LogP contribution is -2.43. The van der Waals surface area contributed by atoms with Crippen molar-refractivity contribution in [1.29, 1.82) is 0 Å². The second-order valence-electron chi connectivity index (χ2n) is 6.65. The highest BCUT2D eigenvalue weighted by molar-refractivity contribution is 5.85. The maximum atomic E-state index is 13.1. The number of guanidine groups is 1. The second-order valence-corrected chi connectivity index (χ2v) is 6.65. The van der Waals surface area contributed by atoms with Crippen LogP contribution in [0.4, 0.5) is 4.39 Å². The number of halogens is 1. The first-order valence-corrected chi connectivity index (χ1v) is 8.38. The molecular weight excluding hydrogens is 307 g/mol. The van der Waals surface area contributed by atoms with Crippen LogP contribution in [0.3, 0.4) is 0 Å². The molecule has 3 N–H and O–H groups in total. The summed E-state index contributed by atoms with van der Waals surface area (Å²) in [5.41, 5.74) is 0.715. The molecule has 1 rings (SSSR count). The molecular formula is C18H29FN4O. The monoisotopic (exact) mass is 336 g/mol. The molecule has 0 saturated carbocycles. The Morgan fingerprint density at radius 3 is 2.62 bits per heavy atom. The van der Waals surface area contributed by atoms with Gasteiger partial charge in [-0.3, -0.25) is 4.79 Å². The summed E-state index contributed by atoms with van der Waals surface area (Å²) in [7, 11) is 0. The van der Waals surface area contributed by atoms with Crippen molar-refractivity contribution in [3.8, 4) is 0 Å². The minimum atomic E-state index is -0.261. The number of aryl methyl sites for hydroxylation is 1. The summed E-state index contributed by atoms with van der Waals surface area (Å²) < 4.78 is 13.1. The fourth-order valence-corrected chi connectivity index (χ4v) is 2.14. The number of hydrogen-bond acceptors (Lipinski definition) is 2. The van der Waals surface area contributed by atoms with E-state index in [9.17, 15) is 9.18 Å². The Hall–Kier alpha value is -2.11. The fourth-order valence-electron chi connectivity index (χ4n) is 2.14. The van der Waals surface area contributed by atoms with Crippen LogP contribution in [-0.2, 0) is 11.2 Å². The molecule has 0 aliphatic rings. The molecule has 1 aromatic rings. The number of hydrogen-bond donors (Lipinski definition) is 3. The first kappa shape index (κ1) is 19.9. The highest BCUT2D eigenvalue weighted by atomic mass is 19.1. The SMILES string of the molecule is CCNC(=NCC(=O)NC(C)(C)C)NCCCc1cccc(F)c1. The van der Waals surface area contributed by atoms with Gasteiger partial charge in [0.2, 0.25) is 5.91 Å². The third-order valence-electron chi connectivity index (χ3n) is 3.06. The maximum Gasteiger partial charge on any atom is 0.242 e. The van der Waals surface area contributed by atoms with Crippen molar-refractivity contribution < 1.29 is 9.18 Å². The number of nitrogens with zero attached hydrogens (tertiary/aromatic N) is 1.